The predicted molar refractivity (Wildman–Crippen MR) is 125 cm³/mol. The number of anilines is 2. The van der Waals surface area contributed by atoms with Crippen LogP contribution >= 0.6 is 0 Å². The highest BCUT2D eigenvalue weighted by Crippen LogP contribution is 2.29. The molecular formula is C27H24N2. The van der Waals surface area contributed by atoms with Gasteiger partial charge in [-0.25, -0.2) is 0 Å². The number of nitrogens with one attached hydrogen (secondary N) is 2. The molecule has 4 aromatic carbocycles. The van der Waals surface area contributed by atoms with Crippen LogP contribution in [-0.2, 0) is 0 Å². The summed E-state index contributed by atoms with van der Waals surface area (Å²) in [5.74, 6) is 0. The van der Waals surface area contributed by atoms with Gasteiger partial charge >= 0.3 is 0 Å². The van der Waals surface area contributed by atoms with E-state index in [2.05, 4.69) is 102 Å². The van der Waals surface area contributed by atoms with Crippen molar-refractivity contribution in [1.29, 1.82) is 0 Å². The summed E-state index contributed by atoms with van der Waals surface area (Å²) in [7, 11) is 0. The second-order valence-electron chi connectivity index (χ2n) is 6.96. The number of hydrogen-bond acceptors (Lipinski definition) is 2. The second-order valence-corrected chi connectivity index (χ2v) is 6.96. The third kappa shape index (κ3) is 4.74. The van der Waals surface area contributed by atoms with Gasteiger partial charge in [0.1, 0.15) is 0 Å². The van der Waals surface area contributed by atoms with E-state index >= 15 is 0 Å². The van der Waals surface area contributed by atoms with Crippen LogP contribution in [0.3, 0.4) is 0 Å². The fraction of sp³-hybridized carbons (Fsp3) is 0.0370. The third-order valence-corrected chi connectivity index (χ3v) is 4.74. The van der Waals surface area contributed by atoms with Gasteiger partial charge in [0.25, 0.3) is 0 Å². The monoisotopic (exact) mass is 376 g/mol. The Balaban J connectivity index is 1.87. The molecule has 0 bridgehead atoms. The first-order chi connectivity index (χ1) is 14.3. The lowest BCUT2D eigenvalue weighted by atomic mass is 10.0. The van der Waals surface area contributed by atoms with Crippen molar-refractivity contribution in [2.45, 2.75) is 6.92 Å². The Labute approximate surface area is 172 Å². The molecule has 4 aromatic rings. The van der Waals surface area contributed by atoms with Crippen molar-refractivity contribution in [3.63, 3.8) is 0 Å². The first kappa shape index (κ1) is 18.6. The summed E-state index contributed by atoms with van der Waals surface area (Å²) in [5, 5.41) is 7.30. The van der Waals surface area contributed by atoms with Crippen LogP contribution in [0.25, 0.3) is 11.4 Å². The van der Waals surface area contributed by atoms with Gasteiger partial charge in [-0.3, -0.25) is 0 Å². The zero-order chi connectivity index (χ0) is 19.9. The van der Waals surface area contributed by atoms with Crippen LogP contribution in [-0.4, -0.2) is 0 Å². The van der Waals surface area contributed by atoms with Gasteiger partial charge in [0.2, 0.25) is 0 Å². The van der Waals surface area contributed by atoms with E-state index in [4.69, 9.17) is 0 Å². The third-order valence-electron chi connectivity index (χ3n) is 4.74. The van der Waals surface area contributed by atoms with E-state index in [9.17, 15) is 0 Å². The van der Waals surface area contributed by atoms with E-state index in [1.165, 1.54) is 5.56 Å². The molecule has 142 valence electrons. The minimum atomic E-state index is 1.03. The quantitative estimate of drug-likeness (QED) is 0.352. The number of rotatable bonds is 6. The van der Waals surface area contributed by atoms with E-state index in [0.717, 1.165) is 33.9 Å². The number of benzene rings is 4. The molecule has 0 spiro atoms. The second kappa shape index (κ2) is 8.94. The summed E-state index contributed by atoms with van der Waals surface area (Å²) < 4.78 is 0. The van der Waals surface area contributed by atoms with Crippen LogP contribution in [0.4, 0.5) is 11.4 Å². The van der Waals surface area contributed by atoms with E-state index in [1.807, 2.05) is 30.3 Å². The Morgan fingerprint density at radius 2 is 0.828 bits per heavy atom. The van der Waals surface area contributed by atoms with E-state index in [-0.39, 0.29) is 0 Å². The molecule has 0 aliphatic rings. The summed E-state index contributed by atoms with van der Waals surface area (Å²) >= 11 is 0. The van der Waals surface area contributed by atoms with Crippen molar-refractivity contribution < 1.29 is 0 Å². The molecule has 0 radical (unpaired) electrons. The standard InChI is InChI=1S/C27H24N2/c1-21-17-19-25(20-18-21)29-27(23-13-7-3-8-14-23)26(22-11-5-2-6-12-22)28-24-15-9-4-10-16-24/h2-20,28-29H,1H3. The van der Waals surface area contributed by atoms with Gasteiger partial charge < -0.3 is 10.6 Å². The minimum absolute atomic E-state index is 1.03. The Morgan fingerprint density at radius 1 is 0.448 bits per heavy atom. The SMILES string of the molecule is Cc1ccc(NC(=C(Nc2ccccc2)c2ccccc2)c2ccccc2)cc1. The van der Waals surface area contributed by atoms with Gasteiger partial charge in [-0.15, -0.1) is 0 Å². The molecule has 29 heavy (non-hydrogen) atoms. The molecule has 0 unspecified atom stereocenters. The molecule has 0 aliphatic carbocycles. The van der Waals surface area contributed by atoms with Gasteiger partial charge in [0.05, 0.1) is 11.4 Å². The summed E-state index contributed by atoms with van der Waals surface area (Å²) in [5.41, 5.74) is 7.65. The Bertz CT molecular complexity index is 1070. The lowest BCUT2D eigenvalue weighted by Gasteiger charge is -2.20. The van der Waals surface area contributed by atoms with Crippen molar-refractivity contribution >= 4 is 22.8 Å². The lowest BCUT2D eigenvalue weighted by molar-refractivity contribution is 1.44. The van der Waals surface area contributed by atoms with Crippen LogP contribution in [0.2, 0.25) is 0 Å². The van der Waals surface area contributed by atoms with Crippen LogP contribution in [0, 0.1) is 6.92 Å². The summed E-state index contributed by atoms with van der Waals surface area (Å²) in [4.78, 5) is 0. The van der Waals surface area contributed by atoms with Gasteiger partial charge in [0.15, 0.2) is 0 Å². The summed E-state index contributed by atoms with van der Waals surface area (Å²) in [6, 6.07) is 39.6. The maximum atomic E-state index is 3.66. The Kier molecular flexibility index (Phi) is 5.73. The number of aryl methyl sites for hydroxylation is 1. The zero-order valence-electron chi connectivity index (χ0n) is 16.5. The first-order valence-electron chi connectivity index (χ1n) is 9.80. The van der Waals surface area contributed by atoms with Crippen molar-refractivity contribution in [3.05, 3.63) is 132 Å². The fourth-order valence-electron chi connectivity index (χ4n) is 3.21. The number of hydrogen-bond donors (Lipinski definition) is 2. The van der Waals surface area contributed by atoms with Gasteiger partial charge in [-0.1, -0.05) is 96.6 Å². The van der Waals surface area contributed by atoms with Crippen molar-refractivity contribution in [1.82, 2.24) is 0 Å². The predicted octanol–water partition coefficient (Wildman–Crippen LogP) is 7.05. The molecule has 2 N–H and O–H groups in total. The molecule has 0 fully saturated rings. The molecule has 0 heterocycles. The van der Waals surface area contributed by atoms with Crippen molar-refractivity contribution in [3.8, 4) is 0 Å². The molecule has 0 aromatic heterocycles. The van der Waals surface area contributed by atoms with E-state index in [0.29, 0.717) is 0 Å². The molecule has 0 saturated carbocycles. The van der Waals surface area contributed by atoms with Crippen LogP contribution < -0.4 is 10.6 Å². The highest BCUT2D eigenvalue weighted by Gasteiger charge is 2.13. The minimum Gasteiger partial charge on any atom is -0.353 e. The fourth-order valence-corrected chi connectivity index (χ4v) is 3.21. The molecular weight excluding hydrogens is 352 g/mol. The number of para-hydroxylation sites is 1. The average Bonchev–Trinajstić information content (AvgIpc) is 2.79. The molecule has 0 aliphatic heterocycles. The van der Waals surface area contributed by atoms with Crippen molar-refractivity contribution in [2.75, 3.05) is 10.6 Å². The molecule has 2 heteroatoms. The summed E-state index contributed by atoms with van der Waals surface area (Å²) in [6.45, 7) is 2.10. The highest BCUT2D eigenvalue weighted by atomic mass is 15.0. The molecule has 0 saturated heterocycles. The van der Waals surface area contributed by atoms with E-state index in [1.54, 1.807) is 0 Å². The first-order valence-corrected chi connectivity index (χ1v) is 9.80. The average molecular weight is 377 g/mol. The van der Waals surface area contributed by atoms with Gasteiger partial charge in [-0.2, -0.15) is 0 Å². The van der Waals surface area contributed by atoms with Crippen LogP contribution in [0.5, 0.6) is 0 Å². The summed E-state index contributed by atoms with van der Waals surface area (Å²) in [6.07, 6.45) is 0. The van der Waals surface area contributed by atoms with Crippen LogP contribution in [0.15, 0.2) is 115 Å². The topological polar surface area (TPSA) is 24.1 Å². The van der Waals surface area contributed by atoms with Gasteiger partial charge in [-0.05, 0) is 31.2 Å². The maximum absolute atomic E-state index is 3.66. The lowest BCUT2D eigenvalue weighted by Crippen LogP contribution is -2.09. The largest absolute Gasteiger partial charge is 0.353 e. The normalized spacial score (nSPS) is 11.5. The van der Waals surface area contributed by atoms with Crippen LogP contribution in [0.1, 0.15) is 16.7 Å². The molecule has 2 nitrogen and oxygen atoms in total. The molecule has 4 rings (SSSR count). The Hall–Kier alpha value is -3.78. The van der Waals surface area contributed by atoms with Gasteiger partial charge in [0, 0.05) is 22.5 Å². The smallest absolute Gasteiger partial charge is 0.0703 e. The van der Waals surface area contributed by atoms with E-state index < -0.39 is 0 Å². The van der Waals surface area contributed by atoms with Crippen molar-refractivity contribution in [2.24, 2.45) is 0 Å². The molecule has 0 atom stereocenters. The highest BCUT2D eigenvalue weighted by molar-refractivity contribution is 5.99. The maximum Gasteiger partial charge on any atom is 0.0703 e. The molecule has 0 amide bonds. The zero-order valence-corrected chi connectivity index (χ0v) is 16.5. The Morgan fingerprint density at radius 3 is 1.28 bits per heavy atom.